The van der Waals surface area contributed by atoms with Crippen LogP contribution in [0.15, 0.2) is 121 Å². The average molecular weight is 385 g/mol. The van der Waals surface area contributed by atoms with Gasteiger partial charge in [-0.3, -0.25) is 0 Å². The molecule has 5 rings (SSSR count). The molecule has 0 fully saturated rings. The van der Waals surface area contributed by atoms with Crippen LogP contribution in [0.3, 0.4) is 0 Å². The minimum absolute atomic E-state index is 0.929. The molecule has 30 heavy (non-hydrogen) atoms. The summed E-state index contributed by atoms with van der Waals surface area (Å²) in [5.74, 6) is 0. The number of hydrogen-bond acceptors (Lipinski definition) is 0. The van der Waals surface area contributed by atoms with E-state index < -0.39 is 0 Å². The van der Waals surface area contributed by atoms with Gasteiger partial charge in [0.05, 0.1) is 0 Å². The molecule has 0 radical (unpaired) electrons. The van der Waals surface area contributed by atoms with E-state index in [1.807, 2.05) is 0 Å². The van der Waals surface area contributed by atoms with Crippen molar-refractivity contribution in [3.63, 3.8) is 0 Å². The van der Waals surface area contributed by atoms with Crippen molar-refractivity contribution in [3.8, 4) is 11.1 Å². The van der Waals surface area contributed by atoms with Crippen LogP contribution in [-0.4, -0.2) is 0 Å². The van der Waals surface area contributed by atoms with Gasteiger partial charge in [-0.25, -0.2) is 0 Å². The fourth-order valence-electron chi connectivity index (χ4n) is 4.36. The largest absolute Gasteiger partial charge is 0.0622 e. The predicted molar refractivity (Wildman–Crippen MR) is 128 cm³/mol. The third-order valence-corrected chi connectivity index (χ3v) is 5.77. The molecule has 0 aliphatic carbocycles. The van der Waals surface area contributed by atoms with Gasteiger partial charge in [0.2, 0.25) is 0 Å². The summed E-state index contributed by atoms with van der Waals surface area (Å²) in [5, 5.41) is 2.63. The van der Waals surface area contributed by atoms with E-state index in [1.54, 1.807) is 0 Å². The maximum absolute atomic E-state index is 2.40. The molecule has 0 spiro atoms. The van der Waals surface area contributed by atoms with Crippen LogP contribution in [0.2, 0.25) is 0 Å². The van der Waals surface area contributed by atoms with Crippen molar-refractivity contribution in [3.05, 3.63) is 144 Å². The summed E-state index contributed by atoms with van der Waals surface area (Å²) in [4.78, 5) is 0. The molecule has 0 heteroatoms. The van der Waals surface area contributed by atoms with Crippen LogP contribution in [0, 0.1) is 0 Å². The maximum Gasteiger partial charge on any atom is -0.00165 e. The van der Waals surface area contributed by atoms with E-state index in [-0.39, 0.29) is 0 Å². The highest BCUT2D eigenvalue weighted by atomic mass is 14.2. The number of benzene rings is 5. The van der Waals surface area contributed by atoms with Crippen molar-refractivity contribution in [1.29, 1.82) is 0 Å². The molecule has 144 valence electrons. The molecule has 5 aromatic rings. The summed E-state index contributed by atoms with van der Waals surface area (Å²) >= 11 is 0. The van der Waals surface area contributed by atoms with Crippen molar-refractivity contribution >= 4 is 10.8 Å². The van der Waals surface area contributed by atoms with E-state index in [4.69, 9.17) is 0 Å². The fourth-order valence-corrected chi connectivity index (χ4v) is 4.36. The SMILES string of the molecule is c1ccc(Cc2cc3ccccc3c(-c3ccccc3)c2Cc2ccccc2)cc1. The van der Waals surface area contributed by atoms with E-state index in [0.717, 1.165) is 12.8 Å². The van der Waals surface area contributed by atoms with Gasteiger partial charge in [0.25, 0.3) is 0 Å². The van der Waals surface area contributed by atoms with Crippen LogP contribution in [0.5, 0.6) is 0 Å². The lowest BCUT2D eigenvalue weighted by atomic mass is 9.85. The highest BCUT2D eigenvalue weighted by Gasteiger charge is 2.16. The van der Waals surface area contributed by atoms with E-state index in [2.05, 4.69) is 121 Å². The Morgan fingerprint density at radius 3 is 1.67 bits per heavy atom. The van der Waals surface area contributed by atoms with Crippen LogP contribution in [-0.2, 0) is 12.8 Å². The van der Waals surface area contributed by atoms with Crippen molar-refractivity contribution in [2.45, 2.75) is 12.8 Å². The molecule has 0 aliphatic rings. The zero-order valence-electron chi connectivity index (χ0n) is 17.0. The van der Waals surface area contributed by atoms with Crippen molar-refractivity contribution in [2.24, 2.45) is 0 Å². The smallest absolute Gasteiger partial charge is 0.00165 e. The molecule has 0 aliphatic heterocycles. The van der Waals surface area contributed by atoms with Crippen molar-refractivity contribution < 1.29 is 0 Å². The third-order valence-electron chi connectivity index (χ3n) is 5.77. The minimum Gasteiger partial charge on any atom is -0.0622 e. The van der Waals surface area contributed by atoms with Crippen molar-refractivity contribution in [2.75, 3.05) is 0 Å². The maximum atomic E-state index is 2.40. The van der Waals surface area contributed by atoms with Crippen LogP contribution in [0.4, 0.5) is 0 Å². The molecule has 0 saturated heterocycles. The highest BCUT2D eigenvalue weighted by molar-refractivity contribution is 5.99. The van der Waals surface area contributed by atoms with Gasteiger partial charge < -0.3 is 0 Å². The predicted octanol–water partition coefficient (Wildman–Crippen LogP) is 7.69. The van der Waals surface area contributed by atoms with E-state index >= 15 is 0 Å². The van der Waals surface area contributed by atoms with Gasteiger partial charge in [-0.05, 0) is 57.0 Å². The number of hydrogen-bond donors (Lipinski definition) is 0. The standard InChI is InChI=1S/C30H24/c1-4-12-23(13-5-1)20-27-22-26-18-10-11-19-28(26)30(25-16-8-3-9-17-25)29(27)21-24-14-6-2-7-15-24/h1-19,22H,20-21H2. The quantitative estimate of drug-likeness (QED) is 0.291. The first kappa shape index (κ1) is 18.4. The lowest BCUT2D eigenvalue weighted by Crippen LogP contribution is -2.02. The first-order chi connectivity index (χ1) is 14.9. The van der Waals surface area contributed by atoms with E-state index in [0.29, 0.717) is 0 Å². The Labute approximate surface area is 178 Å². The van der Waals surface area contributed by atoms with Gasteiger partial charge in [0.1, 0.15) is 0 Å². The highest BCUT2D eigenvalue weighted by Crippen LogP contribution is 2.37. The van der Waals surface area contributed by atoms with Gasteiger partial charge in [0.15, 0.2) is 0 Å². The van der Waals surface area contributed by atoms with Crippen LogP contribution < -0.4 is 0 Å². The van der Waals surface area contributed by atoms with Gasteiger partial charge in [-0.15, -0.1) is 0 Å². The second-order valence-corrected chi connectivity index (χ2v) is 7.80. The van der Waals surface area contributed by atoms with Gasteiger partial charge in [0, 0.05) is 0 Å². The zero-order valence-corrected chi connectivity index (χ0v) is 17.0. The summed E-state index contributed by atoms with van der Waals surface area (Å²) in [5.41, 5.74) is 8.18. The summed E-state index contributed by atoms with van der Waals surface area (Å²) in [6.45, 7) is 0. The Morgan fingerprint density at radius 1 is 0.467 bits per heavy atom. The van der Waals surface area contributed by atoms with Crippen molar-refractivity contribution in [1.82, 2.24) is 0 Å². The minimum atomic E-state index is 0.929. The monoisotopic (exact) mass is 384 g/mol. The summed E-state index contributed by atoms with van der Waals surface area (Å²) in [7, 11) is 0. The zero-order chi connectivity index (χ0) is 20.2. The molecular formula is C30H24. The topological polar surface area (TPSA) is 0 Å². The van der Waals surface area contributed by atoms with Gasteiger partial charge in [-0.1, -0.05) is 121 Å². The van der Waals surface area contributed by atoms with E-state index in [9.17, 15) is 0 Å². The first-order valence-corrected chi connectivity index (χ1v) is 10.6. The Kier molecular flexibility index (Phi) is 5.14. The summed E-state index contributed by atoms with van der Waals surface area (Å²) in [6.07, 6.45) is 1.87. The number of fused-ring (bicyclic) bond motifs is 1. The molecule has 0 saturated carbocycles. The van der Waals surface area contributed by atoms with Crippen LogP contribution in [0.25, 0.3) is 21.9 Å². The van der Waals surface area contributed by atoms with Gasteiger partial charge in [-0.2, -0.15) is 0 Å². The average Bonchev–Trinajstić information content (AvgIpc) is 2.81. The second-order valence-electron chi connectivity index (χ2n) is 7.80. The molecule has 0 nitrogen and oxygen atoms in total. The lowest BCUT2D eigenvalue weighted by Gasteiger charge is -2.19. The molecule has 0 aromatic heterocycles. The third kappa shape index (κ3) is 3.77. The van der Waals surface area contributed by atoms with E-state index in [1.165, 1.54) is 44.2 Å². The molecule has 0 atom stereocenters. The summed E-state index contributed by atoms with van der Waals surface area (Å²) in [6, 6.07) is 43.7. The fraction of sp³-hybridized carbons (Fsp3) is 0.0667. The molecule has 0 amide bonds. The molecule has 0 unspecified atom stereocenters. The molecule has 0 N–H and O–H groups in total. The summed E-state index contributed by atoms with van der Waals surface area (Å²) < 4.78 is 0. The molecule has 0 bridgehead atoms. The Hall–Kier alpha value is -3.64. The second kappa shape index (κ2) is 8.39. The first-order valence-electron chi connectivity index (χ1n) is 10.6. The Bertz CT molecular complexity index is 1250. The normalized spacial score (nSPS) is 10.9. The molecular weight excluding hydrogens is 360 g/mol. The number of rotatable bonds is 5. The lowest BCUT2D eigenvalue weighted by molar-refractivity contribution is 1.10. The van der Waals surface area contributed by atoms with Gasteiger partial charge >= 0.3 is 0 Å². The molecule has 0 heterocycles. The molecule has 5 aromatic carbocycles. The Morgan fingerprint density at radius 2 is 1.00 bits per heavy atom. The van der Waals surface area contributed by atoms with Crippen LogP contribution in [0.1, 0.15) is 22.3 Å². The van der Waals surface area contributed by atoms with Crippen LogP contribution >= 0.6 is 0 Å². The Balaban J connectivity index is 1.77.